The fraction of sp³-hybridized carbons (Fsp3) is 0.533. The SMILES string of the molecule is CCCc1ccccc1NC(=O)[C@@H]1CCCCN1. The number of aryl methyl sites for hydroxylation is 1. The minimum Gasteiger partial charge on any atom is -0.324 e. The van der Waals surface area contributed by atoms with E-state index in [1.165, 1.54) is 12.0 Å². The zero-order chi connectivity index (χ0) is 12.8. The normalized spacial score (nSPS) is 19.5. The highest BCUT2D eigenvalue weighted by Crippen LogP contribution is 2.18. The van der Waals surface area contributed by atoms with Gasteiger partial charge in [0.15, 0.2) is 0 Å². The van der Waals surface area contributed by atoms with Crippen LogP contribution in [0.5, 0.6) is 0 Å². The van der Waals surface area contributed by atoms with Gasteiger partial charge in [0.25, 0.3) is 0 Å². The molecule has 1 heterocycles. The number of hydrogen-bond acceptors (Lipinski definition) is 2. The fourth-order valence-electron chi connectivity index (χ4n) is 2.43. The molecule has 1 fully saturated rings. The molecule has 3 heteroatoms. The van der Waals surface area contributed by atoms with E-state index >= 15 is 0 Å². The van der Waals surface area contributed by atoms with E-state index in [4.69, 9.17) is 0 Å². The van der Waals surface area contributed by atoms with Gasteiger partial charge in [-0.05, 0) is 37.4 Å². The van der Waals surface area contributed by atoms with E-state index in [1.54, 1.807) is 0 Å². The van der Waals surface area contributed by atoms with Gasteiger partial charge in [-0.3, -0.25) is 4.79 Å². The molecule has 1 saturated heterocycles. The second-order valence-electron chi connectivity index (χ2n) is 4.90. The smallest absolute Gasteiger partial charge is 0.241 e. The van der Waals surface area contributed by atoms with Gasteiger partial charge in [-0.1, -0.05) is 38.0 Å². The van der Waals surface area contributed by atoms with E-state index in [2.05, 4.69) is 23.6 Å². The van der Waals surface area contributed by atoms with Crippen LogP contribution in [0, 0.1) is 0 Å². The van der Waals surface area contributed by atoms with Crippen molar-refractivity contribution >= 4 is 11.6 Å². The van der Waals surface area contributed by atoms with Gasteiger partial charge < -0.3 is 10.6 Å². The van der Waals surface area contributed by atoms with Crippen LogP contribution in [0.4, 0.5) is 5.69 Å². The largest absolute Gasteiger partial charge is 0.324 e. The lowest BCUT2D eigenvalue weighted by molar-refractivity contribution is -0.118. The van der Waals surface area contributed by atoms with Crippen LogP contribution >= 0.6 is 0 Å². The van der Waals surface area contributed by atoms with E-state index in [1.807, 2.05) is 18.2 Å². The Morgan fingerprint density at radius 1 is 1.39 bits per heavy atom. The average Bonchev–Trinajstić information content (AvgIpc) is 2.42. The molecule has 2 N–H and O–H groups in total. The predicted molar refractivity (Wildman–Crippen MR) is 74.7 cm³/mol. The minimum atomic E-state index is -0.0200. The number of rotatable bonds is 4. The van der Waals surface area contributed by atoms with Crippen molar-refractivity contribution in [1.82, 2.24) is 5.32 Å². The molecule has 1 aliphatic rings. The maximum Gasteiger partial charge on any atom is 0.241 e. The lowest BCUT2D eigenvalue weighted by atomic mass is 10.0. The van der Waals surface area contributed by atoms with Crippen LogP contribution in [0.3, 0.4) is 0 Å². The van der Waals surface area contributed by atoms with Gasteiger partial charge in [-0.15, -0.1) is 0 Å². The molecule has 0 bridgehead atoms. The number of piperidine rings is 1. The number of carbonyl (C=O) groups excluding carboxylic acids is 1. The summed E-state index contributed by atoms with van der Waals surface area (Å²) >= 11 is 0. The first-order valence-electron chi connectivity index (χ1n) is 6.93. The predicted octanol–water partition coefficient (Wildman–Crippen LogP) is 2.72. The number of amides is 1. The summed E-state index contributed by atoms with van der Waals surface area (Å²) in [6.07, 6.45) is 5.36. The van der Waals surface area contributed by atoms with E-state index in [0.717, 1.165) is 37.9 Å². The van der Waals surface area contributed by atoms with Crippen molar-refractivity contribution in [2.24, 2.45) is 0 Å². The molecule has 1 atom stereocenters. The van der Waals surface area contributed by atoms with Crippen LogP contribution < -0.4 is 10.6 Å². The van der Waals surface area contributed by atoms with Crippen molar-refractivity contribution in [3.63, 3.8) is 0 Å². The van der Waals surface area contributed by atoms with E-state index < -0.39 is 0 Å². The van der Waals surface area contributed by atoms with Gasteiger partial charge in [0.1, 0.15) is 0 Å². The fourth-order valence-corrected chi connectivity index (χ4v) is 2.43. The van der Waals surface area contributed by atoms with Crippen molar-refractivity contribution in [2.45, 2.75) is 45.1 Å². The summed E-state index contributed by atoms with van der Waals surface area (Å²) in [5, 5.41) is 6.34. The second-order valence-corrected chi connectivity index (χ2v) is 4.90. The first-order valence-corrected chi connectivity index (χ1v) is 6.93. The highest BCUT2D eigenvalue weighted by Gasteiger charge is 2.20. The van der Waals surface area contributed by atoms with Crippen LogP contribution in [0.1, 0.15) is 38.2 Å². The molecular formula is C15H22N2O. The van der Waals surface area contributed by atoms with E-state index in [0.29, 0.717) is 0 Å². The molecular weight excluding hydrogens is 224 g/mol. The molecule has 2 rings (SSSR count). The van der Waals surface area contributed by atoms with Crippen LogP contribution in [0.2, 0.25) is 0 Å². The Labute approximate surface area is 109 Å². The molecule has 0 spiro atoms. The monoisotopic (exact) mass is 246 g/mol. The molecule has 0 unspecified atom stereocenters. The first-order chi connectivity index (χ1) is 8.81. The Morgan fingerprint density at radius 2 is 2.22 bits per heavy atom. The number of carbonyl (C=O) groups is 1. The summed E-state index contributed by atoms with van der Waals surface area (Å²) < 4.78 is 0. The Morgan fingerprint density at radius 3 is 2.94 bits per heavy atom. The Kier molecular flexibility index (Phi) is 4.76. The van der Waals surface area contributed by atoms with Gasteiger partial charge in [0, 0.05) is 5.69 Å². The molecule has 1 amide bonds. The standard InChI is InChI=1S/C15H22N2O/c1-2-7-12-8-3-4-9-13(12)17-15(18)14-10-5-6-11-16-14/h3-4,8-9,14,16H,2,5-7,10-11H2,1H3,(H,17,18)/t14-/m0/s1. The average molecular weight is 246 g/mol. The number of nitrogens with one attached hydrogen (secondary N) is 2. The van der Waals surface area contributed by atoms with Crippen molar-refractivity contribution < 1.29 is 4.79 Å². The Hall–Kier alpha value is -1.35. The Balaban J connectivity index is 2.01. The second kappa shape index (κ2) is 6.55. The number of hydrogen-bond donors (Lipinski definition) is 2. The molecule has 3 nitrogen and oxygen atoms in total. The molecule has 18 heavy (non-hydrogen) atoms. The van der Waals surface area contributed by atoms with Crippen LogP contribution in [-0.2, 0) is 11.2 Å². The summed E-state index contributed by atoms with van der Waals surface area (Å²) in [6, 6.07) is 8.07. The molecule has 1 aliphatic heterocycles. The van der Waals surface area contributed by atoms with Gasteiger partial charge in [0.05, 0.1) is 6.04 Å². The summed E-state index contributed by atoms with van der Waals surface area (Å²) in [5.41, 5.74) is 2.20. The third-order valence-corrected chi connectivity index (χ3v) is 3.42. The van der Waals surface area contributed by atoms with Crippen molar-refractivity contribution in [3.05, 3.63) is 29.8 Å². The van der Waals surface area contributed by atoms with Gasteiger partial charge in [-0.2, -0.15) is 0 Å². The molecule has 0 saturated carbocycles. The third-order valence-electron chi connectivity index (χ3n) is 3.42. The lowest BCUT2D eigenvalue weighted by Gasteiger charge is -2.23. The first kappa shape index (κ1) is 13.1. The maximum absolute atomic E-state index is 12.2. The molecule has 1 aromatic carbocycles. The van der Waals surface area contributed by atoms with Gasteiger partial charge in [0.2, 0.25) is 5.91 Å². The minimum absolute atomic E-state index is 0.0200. The van der Waals surface area contributed by atoms with Crippen LogP contribution in [0.15, 0.2) is 24.3 Å². The van der Waals surface area contributed by atoms with Crippen LogP contribution in [0.25, 0.3) is 0 Å². The highest BCUT2D eigenvalue weighted by molar-refractivity contribution is 5.95. The van der Waals surface area contributed by atoms with E-state index in [9.17, 15) is 4.79 Å². The lowest BCUT2D eigenvalue weighted by Crippen LogP contribution is -2.43. The molecule has 1 aromatic rings. The highest BCUT2D eigenvalue weighted by atomic mass is 16.2. The van der Waals surface area contributed by atoms with Crippen molar-refractivity contribution in [3.8, 4) is 0 Å². The van der Waals surface area contributed by atoms with Crippen molar-refractivity contribution in [1.29, 1.82) is 0 Å². The molecule has 0 aliphatic carbocycles. The topological polar surface area (TPSA) is 41.1 Å². The number of anilines is 1. The summed E-state index contributed by atoms with van der Waals surface area (Å²) in [7, 11) is 0. The molecule has 0 aromatic heterocycles. The quantitative estimate of drug-likeness (QED) is 0.857. The van der Waals surface area contributed by atoms with E-state index in [-0.39, 0.29) is 11.9 Å². The zero-order valence-corrected chi connectivity index (χ0v) is 11.0. The Bertz CT molecular complexity index is 397. The van der Waals surface area contributed by atoms with Crippen molar-refractivity contribution in [2.75, 3.05) is 11.9 Å². The summed E-state index contributed by atoms with van der Waals surface area (Å²) in [5.74, 6) is 0.109. The van der Waals surface area contributed by atoms with Crippen LogP contribution in [-0.4, -0.2) is 18.5 Å². The molecule has 98 valence electrons. The van der Waals surface area contributed by atoms with Gasteiger partial charge in [-0.25, -0.2) is 0 Å². The number of para-hydroxylation sites is 1. The molecule has 0 radical (unpaired) electrons. The maximum atomic E-state index is 12.2. The summed E-state index contributed by atoms with van der Waals surface area (Å²) in [4.78, 5) is 12.2. The number of benzene rings is 1. The van der Waals surface area contributed by atoms with Gasteiger partial charge >= 0.3 is 0 Å². The summed E-state index contributed by atoms with van der Waals surface area (Å²) in [6.45, 7) is 3.11. The zero-order valence-electron chi connectivity index (χ0n) is 11.0. The third kappa shape index (κ3) is 3.33.